The van der Waals surface area contributed by atoms with E-state index in [4.69, 9.17) is 0 Å². The molecular formula is C9H17N3. The van der Waals surface area contributed by atoms with Crippen molar-refractivity contribution in [3.63, 3.8) is 0 Å². The molecule has 0 aromatic carbocycles. The highest BCUT2D eigenvalue weighted by atomic mass is 15.0. The first kappa shape index (κ1) is 9.13. The van der Waals surface area contributed by atoms with E-state index in [0.29, 0.717) is 6.04 Å². The van der Waals surface area contributed by atoms with Gasteiger partial charge in [-0.05, 0) is 12.1 Å². The topological polar surface area (TPSA) is 39.8 Å². The first-order valence-electron chi connectivity index (χ1n) is 4.39. The van der Waals surface area contributed by atoms with Gasteiger partial charge in [0.15, 0.2) is 0 Å². The molecule has 0 spiro atoms. The van der Waals surface area contributed by atoms with Crippen molar-refractivity contribution in [2.75, 3.05) is 18.4 Å². The lowest BCUT2D eigenvalue weighted by Gasteiger charge is -2.08. The Morgan fingerprint density at radius 3 is 2.83 bits per heavy atom. The minimum atomic E-state index is 0.565. The summed E-state index contributed by atoms with van der Waals surface area (Å²) in [6.07, 6.45) is 1.91. The molecule has 1 rings (SSSR count). The second kappa shape index (κ2) is 4.83. The van der Waals surface area contributed by atoms with Crippen molar-refractivity contribution in [1.29, 1.82) is 0 Å². The zero-order chi connectivity index (χ0) is 8.81. The predicted octanol–water partition coefficient (Wildman–Crippen LogP) is 1.42. The molecule has 0 aliphatic rings. The van der Waals surface area contributed by atoms with E-state index in [9.17, 15) is 0 Å². The van der Waals surface area contributed by atoms with E-state index in [0.717, 1.165) is 18.9 Å². The fraction of sp³-hybridized carbons (Fsp3) is 0.556. The van der Waals surface area contributed by atoms with Gasteiger partial charge in [-0.2, -0.15) is 0 Å². The Kier molecular flexibility index (Phi) is 3.67. The van der Waals surface area contributed by atoms with Crippen LogP contribution in [0.25, 0.3) is 0 Å². The standard InChI is InChI=1S/C9H17N3/c1-8(2)10-6-7-12-9-4-3-5-11-9/h3-5,8,10-12H,6-7H2,1-2H3. The molecular weight excluding hydrogens is 150 g/mol. The van der Waals surface area contributed by atoms with E-state index in [2.05, 4.69) is 29.5 Å². The molecule has 0 saturated carbocycles. The van der Waals surface area contributed by atoms with Gasteiger partial charge in [0.05, 0.1) is 0 Å². The third-order valence-electron chi connectivity index (χ3n) is 1.59. The quantitative estimate of drug-likeness (QED) is 0.580. The minimum absolute atomic E-state index is 0.565. The zero-order valence-electron chi connectivity index (χ0n) is 7.72. The lowest BCUT2D eigenvalue weighted by molar-refractivity contribution is 0.602. The van der Waals surface area contributed by atoms with Gasteiger partial charge in [0.1, 0.15) is 5.82 Å². The Balaban J connectivity index is 2.04. The Bertz CT molecular complexity index is 192. The number of aromatic amines is 1. The normalized spacial score (nSPS) is 10.6. The van der Waals surface area contributed by atoms with Crippen LogP contribution in [0.15, 0.2) is 18.3 Å². The lowest BCUT2D eigenvalue weighted by atomic mass is 10.4. The highest BCUT2D eigenvalue weighted by molar-refractivity contribution is 5.33. The van der Waals surface area contributed by atoms with Gasteiger partial charge in [-0.15, -0.1) is 0 Å². The van der Waals surface area contributed by atoms with Crippen molar-refractivity contribution in [3.8, 4) is 0 Å². The second-order valence-electron chi connectivity index (χ2n) is 3.12. The number of anilines is 1. The third-order valence-corrected chi connectivity index (χ3v) is 1.59. The van der Waals surface area contributed by atoms with Crippen LogP contribution in [-0.4, -0.2) is 24.1 Å². The summed E-state index contributed by atoms with van der Waals surface area (Å²) in [5.41, 5.74) is 0. The molecule has 0 radical (unpaired) electrons. The van der Waals surface area contributed by atoms with Crippen molar-refractivity contribution in [3.05, 3.63) is 18.3 Å². The summed E-state index contributed by atoms with van der Waals surface area (Å²) < 4.78 is 0. The summed E-state index contributed by atoms with van der Waals surface area (Å²) in [6.45, 7) is 6.25. The van der Waals surface area contributed by atoms with Crippen LogP contribution in [0.1, 0.15) is 13.8 Å². The van der Waals surface area contributed by atoms with Gasteiger partial charge in [-0.3, -0.25) is 0 Å². The fourth-order valence-corrected chi connectivity index (χ4v) is 0.998. The molecule has 0 bridgehead atoms. The molecule has 1 aromatic rings. The Morgan fingerprint density at radius 2 is 2.25 bits per heavy atom. The molecule has 0 aliphatic carbocycles. The van der Waals surface area contributed by atoms with Crippen LogP contribution in [0.3, 0.4) is 0 Å². The highest BCUT2D eigenvalue weighted by Gasteiger charge is 1.92. The molecule has 3 heteroatoms. The average Bonchev–Trinajstić information content (AvgIpc) is 2.49. The molecule has 1 aromatic heterocycles. The number of H-pyrrole nitrogens is 1. The largest absolute Gasteiger partial charge is 0.370 e. The van der Waals surface area contributed by atoms with Gasteiger partial charge in [-0.1, -0.05) is 13.8 Å². The van der Waals surface area contributed by atoms with E-state index < -0.39 is 0 Å². The Labute approximate surface area is 73.6 Å². The van der Waals surface area contributed by atoms with Crippen molar-refractivity contribution in [2.24, 2.45) is 0 Å². The van der Waals surface area contributed by atoms with E-state index in [-0.39, 0.29) is 0 Å². The molecule has 1 heterocycles. The van der Waals surface area contributed by atoms with Gasteiger partial charge in [0, 0.05) is 25.3 Å². The van der Waals surface area contributed by atoms with Crippen LogP contribution >= 0.6 is 0 Å². The maximum Gasteiger partial charge on any atom is 0.103 e. The van der Waals surface area contributed by atoms with Gasteiger partial charge in [0.25, 0.3) is 0 Å². The van der Waals surface area contributed by atoms with Crippen molar-refractivity contribution in [1.82, 2.24) is 10.3 Å². The van der Waals surface area contributed by atoms with Gasteiger partial charge < -0.3 is 15.6 Å². The number of hydrogen-bond acceptors (Lipinski definition) is 2. The molecule has 68 valence electrons. The first-order chi connectivity index (χ1) is 5.79. The van der Waals surface area contributed by atoms with Crippen molar-refractivity contribution in [2.45, 2.75) is 19.9 Å². The summed E-state index contributed by atoms with van der Waals surface area (Å²) in [6, 6.07) is 4.57. The molecule has 3 N–H and O–H groups in total. The van der Waals surface area contributed by atoms with Crippen LogP contribution in [0.5, 0.6) is 0 Å². The molecule has 0 unspecified atom stereocenters. The number of hydrogen-bond donors (Lipinski definition) is 3. The number of aromatic nitrogens is 1. The van der Waals surface area contributed by atoms with Crippen LogP contribution in [0.2, 0.25) is 0 Å². The summed E-state index contributed by atoms with van der Waals surface area (Å²) in [4.78, 5) is 3.09. The SMILES string of the molecule is CC(C)NCCNc1ccc[nH]1. The van der Waals surface area contributed by atoms with Crippen molar-refractivity contribution >= 4 is 5.82 Å². The predicted molar refractivity (Wildman–Crippen MR) is 52.4 cm³/mol. The van der Waals surface area contributed by atoms with Crippen LogP contribution in [0, 0.1) is 0 Å². The van der Waals surface area contributed by atoms with E-state index in [1.54, 1.807) is 0 Å². The first-order valence-corrected chi connectivity index (χ1v) is 4.39. The summed E-state index contributed by atoms with van der Waals surface area (Å²) >= 11 is 0. The second-order valence-corrected chi connectivity index (χ2v) is 3.12. The minimum Gasteiger partial charge on any atom is -0.370 e. The smallest absolute Gasteiger partial charge is 0.103 e. The number of rotatable bonds is 5. The fourth-order valence-electron chi connectivity index (χ4n) is 0.998. The molecule has 3 nitrogen and oxygen atoms in total. The molecule has 0 fully saturated rings. The molecule has 0 aliphatic heterocycles. The number of nitrogens with one attached hydrogen (secondary N) is 3. The molecule has 12 heavy (non-hydrogen) atoms. The lowest BCUT2D eigenvalue weighted by Crippen LogP contribution is -2.28. The van der Waals surface area contributed by atoms with Crippen LogP contribution < -0.4 is 10.6 Å². The maximum atomic E-state index is 3.33. The molecule has 0 atom stereocenters. The highest BCUT2D eigenvalue weighted by Crippen LogP contribution is 1.98. The van der Waals surface area contributed by atoms with Crippen molar-refractivity contribution < 1.29 is 0 Å². The van der Waals surface area contributed by atoms with Gasteiger partial charge >= 0.3 is 0 Å². The van der Waals surface area contributed by atoms with Crippen LogP contribution in [0.4, 0.5) is 5.82 Å². The molecule has 0 saturated heterocycles. The van der Waals surface area contributed by atoms with E-state index in [1.807, 2.05) is 18.3 Å². The van der Waals surface area contributed by atoms with E-state index in [1.165, 1.54) is 0 Å². The van der Waals surface area contributed by atoms with Crippen LogP contribution in [-0.2, 0) is 0 Å². The zero-order valence-corrected chi connectivity index (χ0v) is 7.72. The Hall–Kier alpha value is -0.960. The average molecular weight is 167 g/mol. The summed E-state index contributed by atoms with van der Waals surface area (Å²) in [7, 11) is 0. The summed E-state index contributed by atoms with van der Waals surface area (Å²) in [5.74, 6) is 1.08. The molecule has 0 amide bonds. The monoisotopic (exact) mass is 167 g/mol. The van der Waals surface area contributed by atoms with E-state index >= 15 is 0 Å². The maximum absolute atomic E-state index is 3.33. The van der Waals surface area contributed by atoms with Gasteiger partial charge in [-0.25, -0.2) is 0 Å². The summed E-state index contributed by atoms with van der Waals surface area (Å²) in [5, 5.41) is 6.59. The third kappa shape index (κ3) is 3.44. The Morgan fingerprint density at radius 1 is 1.42 bits per heavy atom. The van der Waals surface area contributed by atoms with Gasteiger partial charge in [0.2, 0.25) is 0 Å².